The van der Waals surface area contributed by atoms with Crippen molar-refractivity contribution in [1.82, 2.24) is 0 Å². The fraction of sp³-hybridized carbons (Fsp3) is 0.273. The van der Waals surface area contributed by atoms with Gasteiger partial charge in [0.1, 0.15) is 0 Å². The van der Waals surface area contributed by atoms with Crippen LogP contribution >= 0.6 is 0 Å². The second-order valence-corrected chi connectivity index (χ2v) is 3.65. The molecule has 0 fully saturated rings. The van der Waals surface area contributed by atoms with Crippen molar-refractivity contribution in [2.45, 2.75) is 12.8 Å². The Hall–Kier alpha value is -2.44. The van der Waals surface area contributed by atoms with Gasteiger partial charge in [-0.05, 0) is 12.8 Å². The van der Waals surface area contributed by atoms with Crippen molar-refractivity contribution >= 4 is 17.6 Å². The van der Waals surface area contributed by atoms with E-state index in [2.05, 4.69) is 0 Å². The molecular weight excluding hydrogens is 242 g/mol. The molecule has 0 spiro atoms. The summed E-state index contributed by atoms with van der Waals surface area (Å²) in [7, 11) is 0. The van der Waals surface area contributed by atoms with Crippen LogP contribution < -0.4 is 0 Å². The average Bonchev–Trinajstić information content (AvgIpc) is 2.28. The molecule has 0 saturated carbocycles. The Morgan fingerprint density at radius 3 is 2.28 bits per heavy atom. The van der Waals surface area contributed by atoms with Gasteiger partial charge >= 0.3 is 11.9 Å². The normalized spacial score (nSPS) is 10.3. The molecule has 0 amide bonds. The lowest BCUT2D eigenvalue weighted by atomic mass is 9.99. The summed E-state index contributed by atoms with van der Waals surface area (Å²) in [6, 6.07) is 5.86. The molecule has 0 saturated heterocycles. The van der Waals surface area contributed by atoms with E-state index < -0.39 is 22.8 Å². The maximum absolute atomic E-state index is 10.7. The van der Waals surface area contributed by atoms with E-state index in [1.54, 1.807) is 6.07 Å². The average molecular weight is 253 g/mol. The molecule has 7 heteroatoms. The lowest BCUT2D eigenvalue weighted by Crippen LogP contribution is -2.23. The Kier molecular flexibility index (Phi) is 4.36. The number of hydrogen-bond donors (Lipinski definition) is 2. The Labute approximate surface area is 102 Å². The van der Waals surface area contributed by atoms with Crippen LogP contribution in [-0.4, -0.2) is 27.1 Å². The maximum atomic E-state index is 10.7. The molecule has 0 aromatic heterocycles. The molecule has 1 aromatic carbocycles. The fourth-order valence-electron chi connectivity index (χ4n) is 1.55. The number of aryl methyl sites for hydroxylation is 1. The van der Waals surface area contributed by atoms with Crippen LogP contribution in [0, 0.1) is 16.0 Å². The Bertz CT molecular complexity index is 470. The topological polar surface area (TPSA) is 118 Å². The number of hydrogen-bond acceptors (Lipinski definition) is 4. The summed E-state index contributed by atoms with van der Waals surface area (Å²) in [5, 5.41) is 28.1. The Morgan fingerprint density at radius 1 is 1.22 bits per heavy atom. The number of nitrogens with zero attached hydrogens (tertiary/aromatic N) is 1. The molecule has 1 rings (SSSR count). The molecule has 2 N–H and O–H groups in total. The highest BCUT2D eigenvalue weighted by Crippen LogP contribution is 2.21. The lowest BCUT2D eigenvalue weighted by molar-refractivity contribution is -0.385. The minimum absolute atomic E-state index is 0.0282. The van der Waals surface area contributed by atoms with Crippen molar-refractivity contribution in [3.63, 3.8) is 0 Å². The van der Waals surface area contributed by atoms with E-state index >= 15 is 0 Å². The first-order valence-corrected chi connectivity index (χ1v) is 5.11. The number of aliphatic carboxylic acids is 2. The zero-order chi connectivity index (χ0) is 13.7. The van der Waals surface area contributed by atoms with Crippen molar-refractivity contribution in [2.24, 2.45) is 5.92 Å². The predicted octanol–water partition coefficient (Wildman–Crippen LogP) is 1.31. The number of para-hydroxylation sites is 1. The van der Waals surface area contributed by atoms with Crippen molar-refractivity contribution in [1.29, 1.82) is 0 Å². The molecule has 0 unspecified atom stereocenters. The zero-order valence-electron chi connectivity index (χ0n) is 9.28. The quantitative estimate of drug-likeness (QED) is 0.448. The molecule has 18 heavy (non-hydrogen) atoms. The van der Waals surface area contributed by atoms with E-state index in [0.717, 1.165) is 0 Å². The number of nitro groups is 1. The van der Waals surface area contributed by atoms with E-state index in [1.165, 1.54) is 18.2 Å². The highest BCUT2D eigenvalue weighted by Gasteiger charge is 2.26. The van der Waals surface area contributed by atoms with Gasteiger partial charge in [0.2, 0.25) is 0 Å². The van der Waals surface area contributed by atoms with E-state index in [4.69, 9.17) is 10.2 Å². The minimum Gasteiger partial charge on any atom is -0.481 e. The third-order valence-corrected chi connectivity index (χ3v) is 2.49. The smallest absolute Gasteiger partial charge is 0.317 e. The molecule has 7 nitrogen and oxygen atoms in total. The lowest BCUT2D eigenvalue weighted by Gasteiger charge is -2.07. The second-order valence-electron chi connectivity index (χ2n) is 3.65. The summed E-state index contributed by atoms with van der Waals surface area (Å²) in [6.45, 7) is 0. The SMILES string of the molecule is O=C(O)C(CCc1ccccc1[N+](=O)[O-])C(=O)O. The van der Waals surface area contributed by atoms with Crippen LogP contribution in [0.25, 0.3) is 0 Å². The summed E-state index contributed by atoms with van der Waals surface area (Å²) >= 11 is 0. The number of nitro benzene ring substituents is 1. The van der Waals surface area contributed by atoms with Crippen molar-refractivity contribution in [2.75, 3.05) is 0 Å². The fourth-order valence-corrected chi connectivity index (χ4v) is 1.55. The predicted molar refractivity (Wildman–Crippen MR) is 60.2 cm³/mol. The second kappa shape index (κ2) is 5.76. The standard InChI is InChI=1S/C11H11NO6/c13-10(14)8(11(15)16)6-5-7-3-1-2-4-9(7)12(17)18/h1-4,8H,5-6H2,(H,13,14)(H,15,16). The van der Waals surface area contributed by atoms with E-state index in [9.17, 15) is 19.7 Å². The van der Waals surface area contributed by atoms with Crippen LogP contribution in [0.15, 0.2) is 24.3 Å². The summed E-state index contributed by atoms with van der Waals surface area (Å²) < 4.78 is 0. The molecule has 0 aliphatic carbocycles. The number of benzene rings is 1. The number of carboxylic acids is 2. The first-order valence-electron chi connectivity index (χ1n) is 5.11. The minimum atomic E-state index is -1.55. The van der Waals surface area contributed by atoms with Gasteiger partial charge in [-0.3, -0.25) is 19.7 Å². The third kappa shape index (κ3) is 3.27. The number of rotatable bonds is 6. The van der Waals surface area contributed by atoms with E-state index in [1.807, 2.05) is 0 Å². The maximum Gasteiger partial charge on any atom is 0.317 e. The van der Waals surface area contributed by atoms with E-state index in [-0.39, 0.29) is 18.5 Å². The number of carboxylic acid groups (broad SMARTS) is 2. The molecule has 1 aromatic rings. The van der Waals surface area contributed by atoms with Gasteiger partial charge in [-0.25, -0.2) is 0 Å². The summed E-state index contributed by atoms with van der Waals surface area (Å²) in [6.07, 6.45) is -0.157. The largest absolute Gasteiger partial charge is 0.481 e. The first kappa shape index (κ1) is 13.6. The zero-order valence-corrected chi connectivity index (χ0v) is 9.28. The summed E-state index contributed by atoms with van der Waals surface area (Å²) in [4.78, 5) is 31.5. The van der Waals surface area contributed by atoms with Gasteiger partial charge in [0.15, 0.2) is 5.92 Å². The van der Waals surface area contributed by atoms with Gasteiger partial charge in [0.25, 0.3) is 5.69 Å². The van der Waals surface area contributed by atoms with Gasteiger partial charge < -0.3 is 10.2 Å². The Balaban J connectivity index is 2.83. The van der Waals surface area contributed by atoms with Crippen molar-refractivity contribution in [3.8, 4) is 0 Å². The molecule has 0 aliphatic rings. The first-order chi connectivity index (χ1) is 8.43. The van der Waals surface area contributed by atoms with Crippen LogP contribution in [0.2, 0.25) is 0 Å². The Morgan fingerprint density at radius 2 is 1.78 bits per heavy atom. The van der Waals surface area contributed by atoms with Crippen LogP contribution in [0.5, 0.6) is 0 Å². The molecule has 0 heterocycles. The van der Waals surface area contributed by atoms with E-state index in [0.29, 0.717) is 5.56 Å². The molecule has 96 valence electrons. The molecular formula is C11H11NO6. The van der Waals surface area contributed by atoms with Crippen LogP contribution in [0.4, 0.5) is 5.69 Å². The van der Waals surface area contributed by atoms with Gasteiger partial charge in [0.05, 0.1) is 4.92 Å². The summed E-state index contributed by atoms with van der Waals surface area (Å²) in [5.41, 5.74) is 0.196. The van der Waals surface area contributed by atoms with Gasteiger partial charge in [-0.2, -0.15) is 0 Å². The monoisotopic (exact) mass is 253 g/mol. The highest BCUT2D eigenvalue weighted by atomic mass is 16.6. The van der Waals surface area contributed by atoms with Crippen LogP contribution in [0.3, 0.4) is 0 Å². The van der Waals surface area contributed by atoms with Gasteiger partial charge in [0, 0.05) is 11.6 Å². The third-order valence-electron chi connectivity index (χ3n) is 2.49. The van der Waals surface area contributed by atoms with Gasteiger partial charge in [-0.1, -0.05) is 18.2 Å². The van der Waals surface area contributed by atoms with Crippen molar-refractivity contribution in [3.05, 3.63) is 39.9 Å². The molecule has 0 bridgehead atoms. The molecule has 0 aliphatic heterocycles. The van der Waals surface area contributed by atoms with Crippen molar-refractivity contribution < 1.29 is 24.7 Å². The van der Waals surface area contributed by atoms with Crippen LogP contribution in [-0.2, 0) is 16.0 Å². The molecule has 0 radical (unpaired) electrons. The number of carbonyl (C=O) groups is 2. The van der Waals surface area contributed by atoms with Gasteiger partial charge in [-0.15, -0.1) is 0 Å². The van der Waals surface area contributed by atoms with Crippen LogP contribution in [0.1, 0.15) is 12.0 Å². The molecule has 0 atom stereocenters. The highest BCUT2D eigenvalue weighted by molar-refractivity contribution is 5.92. The summed E-state index contributed by atoms with van der Waals surface area (Å²) in [5.74, 6) is -4.44.